The minimum atomic E-state index is -0.500. The van der Waals surface area contributed by atoms with Crippen LogP contribution in [0, 0.1) is 0 Å². The monoisotopic (exact) mass is 649 g/mol. The molecule has 0 atom stereocenters. The van der Waals surface area contributed by atoms with Crippen LogP contribution in [0.4, 0.5) is 0 Å². The topological polar surface area (TPSA) is 14.2 Å². The van der Waals surface area contributed by atoms with E-state index in [0.29, 0.717) is 0 Å². The second kappa shape index (κ2) is 10.7. The molecule has 0 N–H and O–H groups in total. The lowest BCUT2D eigenvalue weighted by atomic mass is 9.65. The molecule has 9 aromatic rings. The van der Waals surface area contributed by atoms with E-state index in [9.17, 15) is 0 Å². The molecule has 2 heteroatoms. The first-order valence-electron chi connectivity index (χ1n) is 17.6. The van der Waals surface area contributed by atoms with Crippen molar-refractivity contribution in [2.24, 2.45) is 0 Å². The van der Waals surface area contributed by atoms with Crippen molar-refractivity contribution in [3.63, 3.8) is 0 Å². The summed E-state index contributed by atoms with van der Waals surface area (Å²) in [5, 5.41) is 2.50. The van der Waals surface area contributed by atoms with Crippen LogP contribution in [0.1, 0.15) is 22.3 Å². The largest absolute Gasteiger partial charge is 0.457 e. The normalized spacial score (nSPS) is 13.4. The number of nitrogens with zero attached hydrogens (tertiary/aromatic N) is 1. The SMILES string of the molecule is c1ccc(-n2c3ccccc3c3cc(-c4ccccc4-c4ccc5c(c4)C4(c6ccccc6O5)c5ccccc5-c5ccccc54)ccc32)cc1. The van der Waals surface area contributed by atoms with E-state index >= 15 is 0 Å². The van der Waals surface area contributed by atoms with Gasteiger partial charge in [-0.1, -0.05) is 140 Å². The Balaban J connectivity index is 1.13. The highest BCUT2D eigenvalue weighted by Gasteiger charge is 2.51. The zero-order chi connectivity index (χ0) is 33.5. The van der Waals surface area contributed by atoms with E-state index in [1.165, 1.54) is 83.1 Å². The van der Waals surface area contributed by atoms with E-state index in [1.807, 2.05) is 0 Å². The van der Waals surface area contributed by atoms with Gasteiger partial charge in [-0.05, 0) is 93.0 Å². The lowest BCUT2D eigenvalue weighted by Crippen LogP contribution is -2.32. The number of hydrogen-bond donors (Lipinski definition) is 0. The summed E-state index contributed by atoms with van der Waals surface area (Å²) < 4.78 is 9.10. The Kier molecular flexibility index (Phi) is 5.91. The van der Waals surface area contributed by atoms with Crippen molar-refractivity contribution in [1.82, 2.24) is 4.57 Å². The van der Waals surface area contributed by atoms with Gasteiger partial charge in [-0.3, -0.25) is 0 Å². The molecule has 51 heavy (non-hydrogen) atoms. The Morgan fingerprint density at radius 3 is 1.63 bits per heavy atom. The molecule has 0 radical (unpaired) electrons. The Labute approximate surface area is 296 Å². The fourth-order valence-corrected chi connectivity index (χ4v) is 9.01. The van der Waals surface area contributed by atoms with Gasteiger partial charge in [0.25, 0.3) is 0 Å². The summed E-state index contributed by atoms with van der Waals surface area (Å²) >= 11 is 0. The van der Waals surface area contributed by atoms with Crippen molar-refractivity contribution in [2.45, 2.75) is 5.41 Å². The fraction of sp³-hybridized carbons (Fsp3) is 0.0204. The van der Waals surface area contributed by atoms with Gasteiger partial charge in [0.1, 0.15) is 11.5 Å². The molecule has 2 aliphatic rings. The number of hydrogen-bond acceptors (Lipinski definition) is 1. The molecule has 1 aromatic heterocycles. The minimum Gasteiger partial charge on any atom is -0.457 e. The molecular weight excluding hydrogens is 619 g/mol. The summed E-state index contributed by atoms with van der Waals surface area (Å²) in [6.45, 7) is 0. The third-order valence-corrected chi connectivity index (χ3v) is 11.1. The average molecular weight is 650 g/mol. The Morgan fingerprint density at radius 1 is 0.353 bits per heavy atom. The molecule has 1 aliphatic heterocycles. The number of fused-ring (bicyclic) bond motifs is 12. The molecule has 0 bridgehead atoms. The highest BCUT2D eigenvalue weighted by atomic mass is 16.5. The standard InChI is InChI=1S/C49H31NO/c1-2-14-34(15-3-1)50-45-24-12-8-20-39(45)40-30-32(26-28-46(40)50)35-16-4-5-17-36(35)33-27-29-48-44(31-33)49(43-23-11-13-25-47(43)51-48)41-21-9-6-18-37(41)38-19-7-10-22-42(38)49/h1-31H. The maximum atomic E-state index is 6.73. The molecule has 0 fully saturated rings. The Hall–Kier alpha value is -6.64. The van der Waals surface area contributed by atoms with Crippen LogP contribution in [0.25, 0.3) is 60.9 Å². The second-order valence-electron chi connectivity index (χ2n) is 13.6. The Morgan fingerprint density at radius 2 is 0.882 bits per heavy atom. The first-order valence-corrected chi connectivity index (χ1v) is 17.6. The third-order valence-electron chi connectivity index (χ3n) is 11.1. The summed E-state index contributed by atoms with van der Waals surface area (Å²) in [6, 6.07) is 68.3. The number of rotatable bonds is 3. The van der Waals surface area contributed by atoms with Crippen LogP contribution in [-0.2, 0) is 5.41 Å². The molecule has 11 rings (SSSR count). The quantitative estimate of drug-likeness (QED) is 0.186. The first-order chi connectivity index (χ1) is 25.3. The predicted octanol–water partition coefficient (Wildman–Crippen LogP) is 12.6. The predicted molar refractivity (Wildman–Crippen MR) is 209 cm³/mol. The second-order valence-corrected chi connectivity index (χ2v) is 13.6. The van der Waals surface area contributed by atoms with Crippen LogP contribution in [0.3, 0.4) is 0 Å². The van der Waals surface area contributed by atoms with Crippen LogP contribution in [0.2, 0.25) is 0 Å². The third kappa shape index (κ3) is 3.87. The highest BCUT2D eigenvalue weighted by Crippen LogP contribution is 2.62. The molecule has 0 amide bonds. The van der Waals surface area contributed by atoms with Crippen molar-refractivity contribution in [3.05, 3.63) is 210 Å². The molecule has 238 valence electrons. The summed E-state index contributed by atoms with van der Waals surface area (Å²) in [7, 11) is 0. The van der Waals surface area contributed by atoms with Crippen LogP contribution in [-0.4, -0.2) is 4.57 Å². The van der Waals surface area contributed by atoms with Gasteiger partial charge in [0.15, 0.2) is 0 Å². The van der Waals surface area contributed by atoms with Gasteiger partial charge >= 0.3 is 0 Å². The molecule has 0 saturated carbocycles. The van der Waals surface area contributed by atoms with Gasteiger partial charge < -0.3 is 9.30 Å². The van der Waals surface area contributed by atoms with E-state index in [4.69, 9.17) is 4.74 Å². The van der Waals surface area contributed by atoms with Crippen LogP contribution >= 0.6 is 0 Å². The fourth-order valence-electron chi connectivity index (χ4n) is 9.01. The average Bonchev–Trinajstić information content (AvgIpc) is 3.69. The van der Waals surface area contributed by atoms with E-state index in [0.717, 1.165) is 11.5 Å². The summed E-state index contributed by atoms with van der Waals surface area (Å²) in [5.41, 5.74) is 15.4. The van der Waals surface area contributed by atoms with Crippen LogP contribution < -0.4 is 4.74 Å². The van der Waals surface area contributed by atoms with Crippen LogP contribution in [0.15, 0.2) is 188 Å². The van der Waals surface area contributed by atoms with E-state index in [-0.39, 0.29) is 0 Å². The lowest BCUT2D eigenvalue weighted by molar-refractivity contribution is 0.436. The zero-order valence-corrected chi connectivity index (χ0v) is 27.8. The Bertz CT molecular complexity index is 2800. The van der Waals surface area contributed by atoms with Gasteiger partial charge in [0.05, 0.1) is 16.4 Å². The van der Waals surface area contributed by atoms with Gasteiger partial charge in [-0.2, -0.15) is 0 Å². The lowest BCUT2D eigenvalue weighted by Gasteiger charge is -2.39. The smallest absolute Gasteiger partial charge is 0.132 e. The maximum Gasteiger partial charge on any atom is 0.132 e. The molecule has 2 nitrogen and oxygen atoms in total. The minimum absolute atomic E-state index is 0.500. The van der Waals surface area contributed by atoms with Gasteiger partial charge in [-0.25, -0.2) is 0 Å². The van der Waals surface area contributed by atoms with Crippen LogP contribution in [0.5, 0.6) is 11.5 Å². The van der Waals surface area contributed by atoms with Crippen molar-refractivity contribution in [1.29, 1.82) is 0 Å². The molecule has 0 saturated heterocycles. The molecule has 1 aliphatic carbocycles. The van der Waals surface area contributed by atoms with Crippen molar-refractivity contribution >= 4 is 21.8 Å². The van der Waals surface area contributed by atoms with E-state index in [2.05, 4.69) is 193 Å². The molecule has 1 spiro atoms. The molecule has 0 unspecified atom stereocenters. The summed E-state index contributed by atoms with van der Waals surface area (Å²) in [6.07, 6.45) is 0. The van der Waals surface area contributed by atoms with Crippen molar-refractivity contribution < 1.29 is 4.74 Å². The zero-order valence-electron chi connectivity index (χ0n) is 27.8. The molecular formula is C49H31NO. The number of benzene rings is 8. The first kappa shape index (κ1) is 28.2. The molecule has 2 heterocycles. The van der Waals surface area contributed by atoms with E-state index < -0.39 is 5.41 Å². The van der Waals surface area contributed by atoms with Crippen molar-refractivity contribution in [3.8, 4) is 50.6 Å². The number of ether oxygens (including phenoxy) is 1. The number of aromatic nitrogens is 1. The van der Waals surface area contributed by atoms with Gasteiger partial charge in [0.2, 0.25) is 0 Å². The van der Waals surface area contributed by atoms with Crippen molar-refractivity contribution in [2.75, 3.05) is 0 Å². The molecule has 8 aromatic carbocycles. The van der Waals surface area contributed by atoms with Gasteiger partial charge in [0, 0.05) is 27.6 Å². The summed E-state index contributed by atoms with van der Waals surface area (Å²) in [5.74, 6) is 1.81. The van der Waals surface area contributed by atoms with E-state index in [1.54, 1.807) is 0 Å². The highest BCUT2D eigenvalue weighted by molar-refractivity contribution is 6.10. The number of para-hydroxylation sites is 3. The summed E-state index contributed by atoms with van der Waals surface area (Å²) in [4.78, 5) is 0. The maximum absolute atomic E-state index is 6.73. The van der Waals surface area contributed by atoms with Gasteiger partial charge in [-0.15, -0.1) is 0 Å².